The van der Waals surface area contributed by atoms with Crippen molar-refractivity contribution in [3.05, 3.63) is 51.2 Å². The third kappa shape index (κ3) is 3.23. The zero-order valence-corrected chi connectivity index (χ0v) is 15.5. The number of aromatic carboxylic acids is 1. The number of benzene rings is 1. The van der Waals surface area contributed by atoms with E-state index in [1.807, 2.05) is 0 Å². The molecule has 1 unspecified atom stereocenters. The number of aromatic nitrogens is 1. The molecule has 1 fully saturated rings. The van der Waals surface area contributed by atoms with E-state index in [4.69, 9.17) is 0 Å². The third-order valence-electron chi connectivity index (χ3n) is 5.01. The SMILES string of the molecule is Cc1nc(C(C)NC(=O)C2(c3ccccc3F)CCCC2)sc1C(=O)O. The lowest BCUT2D eigenvalue weighted by Crippen LogP contribution is -2.44. The number of amides is 1. The second-order valence-corrected chi connectivity index (χ2v) is 7.77. The second-order valence-electron chi connectivity index (χ2n) is 6.74. The number of aryl methyl sites for hydroxylation is 1. The molecule has 0 aliphatic heterocycles. The normalized spacial score (nSPS) is 17.0. The molecule has 1 aromatic carbocycles. The van der Waals surface area contributed by atoms with Crippen molar-refractivity contribution < 1.29 is 19.1 Å². The minimum Gasteiger partial charge on any atom is -0.477 e. The second kappa shape index (κ2) is 7.15. The van der Waals surface area contributed by atoms with Crippen LogP contribution in [0.2, 0.25) is 0 Å². The molecule has 1 saturated carbocycles. The molecular weight excluding hydrogens is 355 g/mol. The molecule has 1 heterocycles. The number of hydrogen-bond acceptors (Lipinski definition) is 4. The van der Waals surface area contributed by atoms with Gasteiger partial charge in [0, 0.05) is 5.56 Å². The maximum Gasteiger partial charge on any atom is 0.347 e. The van der Waals surface area contributed by atoms with Crippen molar-refractivity contribution in [3.63, 3.8) is 0 Å². The van der Waals surface area contributed by atoms with Crippen molar-refractivity contribution in [2.24, 2.45) is 0 Å². The van der Waals surface area contributed by atoms with Gasteiger partial charge in [-0.05, 0) is 32.8 Å². The van der Waals surface area contributed by atoms with Crippen LogP contribution in [0.5, 0.6) is 0 Å². The standard InChI is InChI=1S/C19H21FN2O3S/c1-11-15(17(23)24)26-16(21-11)12(2)22-18(25)19(9-5-6-10-19)13-7-3-4-8-14(13)20/h3-4,7-8,12H,5-6,9-10H2,1-2H3,(H,22,25)(H,23,24). The van der Waals surface area contributed by atoms with Crippen molar-refractivity contribution in [2.75, 3.05) is 0 Å². The Hall–Kier alpha value is -2.28. The van der Waals surface area contributed by atoms with Crippen LogP contribution in [-0.2, 0) is 10.2 Å². The maximum absolute atomic E-state index is 14.4. The van der Waals surface area contributed by atoms with E-state index in [2.05, 4.69) is 10.3 Å². The van der Waals surface area contributed by atoms with Gasteiger partial charge in [0.1, 0.15) is 15.7 Å². The van der Waals surface area contributed by atoms with Gasteiger partial charge in [0.25, 0.3) is 0 Å². The Morgan fingerprint density at radius 2 is 1.96 bits per heavy atom. The topological polar surface area (TPSA) is 79.3 Å². The van der Waals surface area contributed by atoms with Crippen LogP contribution >= 0.6 is 11.3 Å². The number of hydrogen-bond donors (Lipinski definition) is 2. The maximum atomic E-state index is 14.4. The first-order valence-corrected chi connectivity index (χ1v) is 9.43. The van der Waals surface area contributed by atoms with Crippen LogP contribution in [0, 0.1) is 12.7 Å². The van der Waals surface area contributed by atoms with Crippen molar-refractivity contribution >= 4 is 23.2 Å². The minimum absolute atomic E-state index is 0.172. The van der Waals surface area contributed by atoms with Gasteiger partial charge in [0.2, 0.25) is 5.91 Å². The molecule has 1 aliphatic carbocycles. The molecule has 1 amide bonds. The molecule has 1 aliphatic rings. The molecule has 1 aromatic heterocycles. The Balaban J connectivity index is 1.86. The van der Waals surface area contributed by atoms with Gasteiger partial charge < -0.3 is 10.4 Å². The number of rotatable bonds is 5. The lowest BCUT2D eigenvalue weighted by Gasteiger charge is -2.30. The van der Waals surface area contributed by atoms with E-state index < -0.39 is 17.4 Å². The Labute approximate surface area is 155 Å². The molecule has 0 spiro atoms. The van der Waals surface area contributed by atoms with Gasteiger partial charge in [-0.15, -0.1) is 11.3 Å². The van der Waals surface area contributed by atoms with Crippen LogP contribution in [0.15, 0.2) is 24.3 Å². The summed E-state index contributed by atoms with van der Waals surface area (Å²) in [6.45, 7) is 3.40. The van der Waals surface area contributed by atoms with Gasteiger partial charge in [-0.1, -0.05) is 31.0 Å². The van der Waals surface area contributed by atoms with Crippen LogP contribution in [0.3, 0.4) is 0 Å². The van der Waals surface area contributed by atoms with Crippen LogP contribution in [0.25, 0.3) is 0 Å². The summed E-state index contributed by atoms with van der Waals surface area (Å²) >= 11 is 1.06. The zero-order chi connectivity index (χ0) is 18.9. The Bertz CT molecular complexity index is 843. The number of carboxylic acids is 1. The van der Waals surface area contributed by atoms with E-state index >= 15 is 0 Å². The highest BCUT2D eigenvalue weighted by Crippen LogP contribution is 2.43. The van der Waals surface area contributed by atoms with Crippen LogP contribution in [0.4, 0.5) is 4.39 Å². The van der Waals surface area contributed by atoms with E-state index in [1.54, 1.807) is 32.0 Å². The fourth-order valence-electron chi connectivity index (χ4n) is 3.64. The third-order valence-corrected chi connectivity index (χ3v) is 6.33. The summed E-state index contributed by atoms with van der Waals surface area (Å²) in [7, 11) is 0. The number of carbonyl (C=O) groups excluding carboxylic acids is 1. The first-order valence-electron chi connectivity index (χ1n) is 8.62. The molecule has 0 radical (unpaired) electrons. The van der Waals surface area contributed by atoms with Crippen molar-refractivity contribution in [1.82, 2.24) is 10.3 Å². The monoisotopic (exact) mass is 376 g/mol. The highest BCUT2D eigenvalue weighted by Gasteiger charge is 2.44. The fourth-order valence-corrected chi connectivity index (χ4v) is 4.55. The first kappa shape index (κ1) is 18.5. The highest BCUT2D eigenvalue weighted by atomic mass is 32.1. The number of nitrogens with one attached hydrogen (secondary N) is 1. The molecule has 3 rings (SSSR count). The summed E-state index contributed by atoms with van der Waals surface area (Å²) in [5, 5.41) is 12.6. The molecule has 2 N–H and O–H groups in total. The van der Waals surface area contributed by atoms with Gasteiger partial charge in [0.15, 0.2) is 0 Å². The Morgan fingerprint density at radius 3 is 2.54 bits per heavy atom. The van der Waals surface area contributed by atoms with E-state index in [-0.39, 0.29) is 16.6 Å². The highest BCUT2D eigenvalue weighted by molar-refractivity contribution is 7.13. The average Bonchev–Trinajstić information content (AvgIpc) is 3.23. The van der Waals surface area contributed by atoms with E-state index in [0.717, 1.165) is 24.2 Å². The summed E-state index contributed by atoms with van der Waals surface area (Å²) in [6, 6.07) is 5.99. The molecule has 5 nitrogen and oxygen atoms in total. The Morgan fingerprint density at radius 1 is 1.31 bits per heavy atom. The molecule has 138 valence electrons. The quantitative estimate of drug-likeness (QED) is 0.827. The molecule has 0 saturated heterocycles. The molecule has 26 heavy (non-hydrogen) atoms. The molecular formula is C19H21FN2O3S. The van der Waals surface area contributed by atoms with Gasteiger partial charge in [0.05, 0.1) is 17.2 Å². The smallest absolute Gasteiger partial charge is 0.347 e. The first-order chi connectivity index (χ1) is 12.3. The van der Waals surface area contributed by atoms with E-state index in [1.165, 1.54) is 6.07 Å². The molecule has 2 aromatic rings. The zero-order valence-electron chi connectivity index (χ0n) is 14.7. The van der Waals surface area contributed by atoms with Gasteiger partial charge in [-0.25, -0.2) is 14.2 Å². The lowest BCUT2D eigenvalue weighted by molar-refractivity contribution is -0.127. The van der Waals surface area contributed by atoms with Crippen molar-refractivity contribution in [3.8, 4) is 0 Å². The van der Waals surface area contributed by atoms with Crippen LogP contribution in [-0.4, -0.2) is 22.0 Å². The largest absolute Gasteiger partial charge is 0.477 e. The number of thiazole rings is 1. The predicted molar refractivity (Wildman–Crippen MR) is 96.9 cm³/mol. The molecule has 0 bridgehead atoms. The van der Waals surface area contributed by atoms with E-state index in [9.17, 15) is 19.1 Å². The van der Waals surface area contributed by atoms with Crippen molar-refractivity contribution in [2.45, 2.75) is 51.0 Å². The van der Waals surface area contributed by atoms with Crippen LogP contribution < -0.4 is 5.32 Å². The Kier molecular flexibility index (Phi) is 5.09. The van der Waals surface area contributed by atoms with Gasteiger partial charge in [-0.2, -0.15) is 0 Å². The number of carboxylic acid groups (broad SMARTS) is 1. The molecule has 1 atom stereocenters. The number of halogens is 1. The minimum atomic E-state index is -1.02. The van der Waals surface area contributed by atoms with Gasteiger partial charge >= 0.3 is 5.97 Å². The number of nitrogens with zero attached hydrogens (tertiary/aromatic N) is 1. The predicted octanol–water partition coefficient (Wildman–Crippen LogP) is 3.98. The summed E-state index contributed by atoms with van der Waals surface area (Å²) in [5.41, 5.74) is -0.00586. The van der Waals surface area contributed by atoms with Crippen molar-refractivity contribution in [1.29, 1.82) is 0 Å². The number of carbonyl (C=O) groups is 2. The summed E-state index contributed by atoms with van der Waals surface area (Å²) in [4.78, 5) is 28.8. The molecule has 7 heteroatoms. The summed E-state index contributed by atoms with van der Waals surface area (Å²) in [5.74, 6) is -1.61. The van der Waals surface area contributed by atoms with E-state index in [0.29, 0.717) is 29.1 Å². The lowest BCUT2D eigenvalue weighted by atomic mass is 9.77. The average molecular weight is 376 g/mol. The summed E-state index contributed by atoms with van der Waals surface area (Å²) < 4.78 is 14.4. The summed E-state index contributed by atoms with van der Waals surface area (Å²) in [6.07, 6.45) is 2.94. The van der Waals surface area contributed by atoms with Gasteiger partial charge in [-0.3, -0.25) is 4.79 Å². The fraction of sp³-hybridized carbons (Fsp3) is 0.421. The van der Waals surface area contributed by atoms with Crippen LogP contribution in [0.1, 0.15) is 64.6 Å².